The topological polar surface area (TPSA) is 41.0 Å². The van der Waals surface area contributed by atoms with E-state index in [0.29, 0.717) is 12.0 Å². The second-order valence-corrected chi connectivity index (χ2v) is 6.53. The lowest BCUT2D eigenvalue weighted by Gasteiger charge is -2.25. The number of fused-ring (bicyclic) bond motifs is 1. The molecule has 100 valence electrons. The fourth-order valence-corrected chi connectivity index (χ4v) is 4.22. The maximum atomic E-state index is 4.73. The molecule has 1 aromatic heterocycles. The van der Waals surface area contributed by atoms with Gasteiger partial charge >= 0.3 is 0 Å². The first-order chi connectivity index (χ1) is 8.70. The van der Waals surface area contributed by atoms with Crippen molar-refractivity contribution in [2.24, 2.45) is 11.8 Å². The zero-order valence-corrected chi connectivity index (χ0v) is 12.2. The molecule has 1 N–H and O–H groups in total. The molecular formula is C13H22N4S. The number of hydrogen-bond donors (Lipinski definition) is 1. The van der Waals surface area contributed by atoms with Crippen LogP contribution in [0.15, 0.2) is 0 Å². The van der Waals surface area contributed by atoms with Crippen molar-refractivity contribution in [3.8, 4) is 0 Å². The van der Waals surface area contributed by atoms with E-state index in [0.717, 1.165) is 29.3 Å². The molecule has 0 amide bonds. The van der Waals surface area contributed by atoms with Crippen LogP contribution in [0.5, 0.6) is 0 Å². The summed E-state index contributed by atoms with van der Waals surface area (Å²) in [5.74, 6) is 3.04. The van der Waals surface area contributed by atoms with E-state index in [1.165, 1.54) is 19.5 Å². The molecule has 2 saturated heterocycles. The molecule has 3 heterocycles. The van der Waals surface area contributed by atoms with Crippen molar-refractivity contribution in [1.29, 1.82) is 0 Å². The van der Waals surface area contributed by atoms with E-state index in [2.05, 4.69) is 35.4 Å². The molecule has 2 fully saturated rings. The minimum absolute atomic E-state index is 0.429. The van der Waals surface area contributed by atoms with Crippen LogP contribution in [-0.4, -0.2) is 35.0 Å². The molecule has 3 atom stereocenters. The van der Waals surface area contributed by atoms with Crippen LogP contribution in [0.4, 0.5) is 5.13 Å². The first-order valence-electron chi connectivity index (χ1n) is 7.01. The number of nitrogens with one attached hydrogen (secondary N) is 1. The van der Waals surface area contributed by atoms with Crippen LogP contribution in [0.2, 0.25) is 0 Å². The highest BCUT2D eigenvalue weighted by molar-refractivity contribution is 7.09. The summed E-state index contributed by atoms with van der Waals surface area (Å²) in [6.07, 6.45) is 1.21. The van der Waals surface area contributed by atoms with Gasteiger partial charge in [-0.15, -0.1) is 0 Å². The molecule has 0 spiro atoms. The second-order valence-electron chi connectivity index (χ2n) is 5.80. The normalized spacial score (nSPS) is 31.3. The lowest BCUT2D eigenvalue weighted by atomic mass is 9.93. The summed E-state index contributed by atoms with van der Waals surface area (Å²) in [6.45, 7) is 10.1. The Morgan fingerprint density at radius 3 is 2.94 bits per heavy atom. The minimum Gasteiger partial charge on any atom is -0.343 e. The van der Waals surface area contributed by atoms with Gasteiger partial charge in [0.05, 0.1) is 0 Å². The summed E-state index contributed by atoms with van der Waals surface area (Å²) >= 11 is 1.58. The molecule has 2 aliphatic heterocycles. The number of rotatable bonds is 3. The number of nitrogens with zero attached hydrogens (tertiary/aromatic N) is 3. The van der Waals surface area contributed by atoms with Crippen molar-refractivity contribution in [2.75, 3.05) is 24.5 Å². The molecule has 5 heteroatoms. The zero-order chi connectivity index (χ0) is 12.7. The molecule has 0 aliphatic carbocycles. The van der Waals surface area contributed by atoms with E-state index in [4.69, 9.17) is 4.98 Å². The van der Waals surface area contributed by atoms with Crippen LogP contribution in [0.1, 0.15) is 38.9 Å². The summed E-state index contributed by atoms with van der Waals surface area (Å²) in [5.41, 5.74) is 0. The Morgan fingerprint density at radius 2 is 2.28 bits per heavy atom. The molecule has 0 radical (unpaired) electrons. The number of aromatic nitrogens is 2. The highest BCUT2D eigenvalue weighted by atomic mass is 32.1. The maximum absolute atomic E-state index is 4.73. The van der Waals surface area contributed by atoms with Crippen LogP contribution < -0.4 is 10.2 Å². The average Bonchev–Trinajstić information content (AvgIpc) is 3.02. The summed E-state index contributed by atoms with van der Waals surface area (Å²) < 4.78 is 4.50. The molecule has 3 unspecified atom stereocenters. The molecule has 18 heavy (non-hydrogen) atoms. The minimum atomic E-state index is 0.429. The lowest BCUT2D eigenvalue weighted by molar-refractivity contribution is 0.442. The SMILES string of the molecule is CCC1C2CNCC2CN1c1nc(C(C)C)ns1. The summed E-state index contributed by atoms with van der Waals surface area (Å²) in [4.78, 5) is 7.24. The first kappa shape index (κ1) is 12.4. The average molecular weight is 266 g/mol. The number of anilines is 1. The van der Waals surface area contributed by atoms with Gasteiger partial charge in [-0.2, -0.15) is 4.37 Å². The fourth-order valence-electron chi connectivity index (χ4n) is 3.34. The quantitative estimate of drug-likeness (QED) is 0.909. The van der Waals surface area contributed by atoms with E-state index >= 15 is 0 Å². The van der Waals surface area contributed by atoms with Crippen molar-refractivity contribution >= 4 is 16.7 Å². The van der Waals surface area contributed by atoms with Crippen LogP contribution in [0, 0.1) is 11.8 Å². The van der Waals surface area contributed by atoms with Gasteiger partial charge in [-0.25, -0.2) is 4.98 Å². The number of hydrogen-bond acceptors (Lipinski definition) is 5. The summed E-state index contributed by atoms with van der Waals surface area (Å²) in [6, 6.07) is 0.651. The van der Waals surface area contributed by atoms with E-state index in [1.54, 1.807) is 11.5 Å². The van der Waals surface area contributed by atoms with Gasteiger partial charge in [0.15, 0.2) is 0 Å². The zero-order valence-electron chi connectivity index (χ0n) is 11.4. The molecular weight excluding hydrogens is 244 g/mol. The third-order valence-electron chi connectivity index (χ3n) is 4.33. The van der Waals surface area contributed by atoms with Crippen molar-refractivity contribution < 1.29 is 0 Å². The van der Waals surface area contributed by atoms with Gasteiger partial charge in [0.25, 0.3) is 0 Å². The molecule has 0 aromatic carbocycles. The highest BCUT2D eigenvalue weighted by Crippen LogP contribution is 2.38. The Labute approximate surface area is 113 Å². The van der Waals surface area contributed by atoms with E-state index in [1.807, 2.05) is 0 Å². The molecule has 0 bridgehead atoms. The molecule has 1 aromatic rings. The molecule has 0 saturated carbocycles. The van der Waals surface area contributed by atoms with Gasteiger partial charge in [0, 0.05) is 43.1 Å². The predicted molar refractivity (Wildman–Crippen MR) is 75.3 cm³/mol. The van der Waals surface area contributed by atoms with Crippen LogP contribution in [-0.2, 0) is 0 Å². The molecule has 2 aliphatic rings. The highest BCUT2D eigenvalue weighted by Gasteiger charge is 2.44. The standard InChI is InChI=1S/C13H22N4S/c1-4-11-10-6-14-5-9(10)7-17(11)13-15-12(8(2)3)16-18-13/h8-11,14H,4-7H2,1-3H3. The van der Waals surface area contributed by atoms with Crippen LogP contribution in [0.25, 0.3) is 0 Å². The fraction of sp³-hybridized carbons (Fsp3) is 0.846. The largest absolute Gasteiger partial charge is 0.343 e. The maximum Gasteiger partial charge on any atom is 0.205 e. The Bertz CT molecular complexity index is 417. The third kappa shape index (κ3) is 1.93. The lowest BCUT2D eigenvalue weighted by Crippen LogP contribution is -2.35. The van der Waals surface area contributed by atoms with E-state index in [9.17, 15) is 0 Å². The van der Waals surface area contributed by atoms with Gasteiger partial charge < -0.3 is 10.2 Å². The second kappa shape index (κ2) is 4.78. The van der Waals surface area contributed by atoms with E-state index in [-0.39, 0.29) is 0 Å². The van der Waals surface area contributed by atoms with Gasteiger partial charge in [-0.3, -0.25) is 0 Å². The Morgan fingerprint density at radius 1 is 1.44 bits per heavy atom. The van der Waals surface area contributed by atoms with Gasteiger partial charge in [-0.1, -0.05) is 20.8 Å². The van der Waals surface area contributed by atoms with Crippen molar-refractivity contribution in [2.45, 2.75) is 39.2 Å². The monoisotopic (exact) mass is 266 g/mol. The van der Waals surface area contributed by atoms with Crippen molar-refractivity contribution in [1.82, 2.24) is 14.7 Å². The first-order valence-corrected chi connectivity index (χ1v) is 7.79. The van der Waals surface area contributed by atoms with Crippen LogP contribution in [0.3, 0.4) is 0 Å². The molecule has 3 rings (SSSR count). The van der Waals surface area contributed by atoms with Crippen molar-refractivity contribution in [3.05, 3.63) is 5.82 Å². The van der Waals surface area contributed by atoms with Gasteiger partial charge in [0.2, 0.25) is 5.13 Å². The summed E-state index contributed by atoms with van der Waals surface area (Å²) in [5, 5.41) is 4.66. The third-order valence-corrected chi connectivity index (χ3v) is 5.10. The van der Waals surface area contributed by atoms with E-state index < -0.39 is 0 Å². The van der Waals surface area contributed by atoms with Gasteiger partial charge in [-0.05, 0) is 18.3 Å². The molecule has 4 nitrogen and oxygen atoms in total. The Balaban J connectivity index is 1.82. The van der Waals surface area contributed by atoms with Crippen molar-refractivity contribution in [3.63, 3.8) is 0 Å². The Hall–Kier alpha value is -0.680. The smallest absolute Gasteiger partial charge is 0.205 e. The van der Waals surface area contributed by atoms with Crippen LogP contribution >= 0.6 is 11.5 Å². The van der Waals surface area contributed by atoms with Gasteiger partial charge in [0.1, 0.15) is 5.82 Å². The Kier molecular flexibility index (Phi) is 3.28. The summed E-state index contributed by atoms with van der Waals surface area (Å²) in [7, 11) is 0. The predicted octanol–water partition coefficient (Wildman–Crippen LogP) is 2.10.